The van der Waals surface area contributed by atoms with Crippen LogP contribution >= 0.6 is 0 Å². The molecule has 0 unspecified atom stereocenters. The second kappa shape index (κ2) is 10.2. The summed E-state index contributed by atoms with van der Waals surface area (Å²) >= 11 is 0. The summed E-state index contributed by atoms with van der Waals surface area (Å²) in [6, 6.07) is 27.5. The van der Waals surface area contributed by atoms with Crippen molar-refractivity contribution in [1.82, 2.24) is 4.90 Å². The fourth-order valence-electron chi connectivity index (χ4n) is 3.21. The average Bonchev–Trinajstić information content (AvgIpc) is 2.75. The van der Waals surface area contributed by atoms with E-state index < -0.39 is 11.8 Å². The van der Waals surface area contributed by atoms with Crippen molar-refractivity contribution in [2.45, 2.75) is 19.6 Å². The van der Waals surface area contributed by atoms with Crippen LogP contribution in [0.3, 0.4) is 0 Å². The van der Waals surface area contributed by atoms with Crippen LogP contribution in [-0.4, -0.2) is 26.9 Å². The number of nitrogens with zero attached hydrogens (tertiary/aromatic N) is 1. The Hall–Kier alpha value is -3.70. The standard InChI is InChI=1S/C25H23NO4/c27-23(15-24(28)25(29)30)22-13-7-12-21(14-22)18-26(16-19-8-3-1-4-9-19)17-20-10-5-2-6-11-20/h1-15,27H,16-18H2,(H,29,30). The minimum atomic E-state index is -1.60. The molecule has 0 saturated carbocycles. The topological polar surface area (TPSA) is 77.8 Å². The Labute approximate surface area is 175 Å². The first-order chi connectivity index (χ1) is 14.5. The Bertz CT molecular complexity index is 988. The summed E-state index contributed by atoms with van der Waals surface area (Å²) in [4.78, 5) is 24.3. The van der Waals surface area contributed by atoms with Crippen LogP contribution in [-0.2, 0) is 29.2 Å². The van der Waals surface area contributed by atoms with E-state index in [2.05, 4.69) is 29.2 Å². The van der Waals surface area contributed by atoms with Crippen LogP contribution in [0, 0.1) is 0 Å². The Kier molecular flexibility index (Phi) is 7.14. The van der Waals surface area contributed by atoms with Gasteiger partial charge in [0.1, 0.15) is 5.76 Å². The third kappa shape index (κ3) is 6.15. The molecule has 0 aliphatic carbocycles. The molecular weight excluding hydrogens is 378 g/mol. The zero-order valence-electron chi connectivity index (χ0n) is 16.4. The number of aliphatic hydroxyl groups excluding tert-OH is 1. The Morgan fingerprint density at radius 3 is 1.73 bits per heavy atom. The molecule has 0 aromatic heterocycles. The van der Waals surface area contributed by atoms with Crippen molar-refractivity contribution in [2.24, 2.45) is 0 Å². The Balaban J connectivity index is 1.81. The summed E-state index contributed by atoms with van der Waals surface area (Å²) in [5, 5.41) is 18.9. The largest absolute Gasteiger partial charge is 0.507 e. The molecule has 0 bridgehead atoms. The summed E-state index contributed by atoms with van der Waals surface area (Å²) in [6.45, 7) is 2.12. The molecule has 152 valence electrons. The van der Waals surface area contributed by atoms with Crippen molar-refractivity contribution < 1.29 is 19.8 Å². The molecule has 0 saturated heterocycles. The fraction of sp³-hybridized carbons (Fsp3) is 0.120. The molecule has 3 aromatic carbocycles. The number of aliphatic carboxylic acids is 1. The van der Waals surface area contributed by atoms with Gasteiger partial charge in [0.25, 0.3) is 5.78 Å². The summed E-state index contributed by atoms with van der Waals surface area (Å²) < 4.78 is 0. The van der Waals surface area contributed by atoms with E-state index >= 15 is 0 Å². The summed E-state index contributed by atoms with van der Waals surface area (Å²) in [7, 11) is 0. The quantitative estimate of drug-likeness (QED) is 0.315. The summed E-state index contributed by atoms with van der Waals surface area (Å²) in [5.74, 6) is -3.12. The minimum absolute atomic E-state index is 0.359. The van der Waals surface area contributed by atoms with Gasteiger partial charge in [0.05, 0.1) is 0 Å². The smallest absolute Gasteiger partial charge is 0.376 e. The molecule has 0 spiro atoms. The lowest BCUT2D eigenvalue weighted by Gasteiger charge is -2.23. The zero-order valence-corrected chi connectivity index (χ0v) is 16.4. The number of hydrogen-bond acceptors (Lipinski definition) is 4. The zero-order chi connectivity index (χ0) is 21.3. The molecule has 3 aromatic rings. The van der Waals surface area contributed by atoms with E-state index in [4.69, 9.17) is 5.11 Å². The van der Waals surface area contributed by atoms with Gasteiger partial charge >= 0.3 is 5.97 Å². The number of hydrogen-bond donors (Lipinski definition) is 2. The lowest BCUT2D eigenvalue weighted by molar-refractivity contribution is -0.146. The molecule has 0 amide bonds. The van der Waals surface area contributed by atoms with E-state index in [-0.39, 0.29) is 5.76 Å². The average molecular weight is 401 g/mol. The van der Waals surface area contributed by atoms with Crippen LogP contribution in [0.15, 0.2) is 91.0 Å². The maximum absolute atomic E-state index is 11.4. The first kappa shape index (κ1) is 21.0. The second-order valence-electron chi connectivity index (χ2n) is 7.02. The number of carboxylic acids is 1. The molecule has 0 aliphatic heterocycles. The molecule has 2 N–H and O–H groups in total. The van der Waals surface area contributed by atoms with Crippen molar-refractivity contribution >= 4 is 17.5 Å². The minimum Gasteiger partial charge on any atom is -0.507 e. The van der Waals surface area contributed by atoms with Gasteiger partial charge in [-0.3, -0.25) is 9.69 Å². The van der Waals surface area contributed by atoms with E-state index in [1.807, 2.05) is 42.5 Å². The predicted molar refractivity (Wildman–Crippen MR) is 116 cm³/mol. The van der Waals surface area contributed by atoms with Crippen LogP contribution in [0.25, 0.3) is 5.76 Å². The van der Waals surface area contributed by atoms with E-state index in [0.717, 1.165) is 24.7 Å². The molecule has 0 aliphatic rings. The molecule has 30 heavy (non-hydrogen) atoms. The number of benzene rings is 3. The van der Waals surface area contributed by atoms with Crippen LogP contribution < -0.4 is 0 Å². The maximum Gasteiger partial charge on any atom is 0.376 e. The second-order valence-corrected chi connectivity index (χ2v) is 7.02. The van der Waals surface area contributed by atoms with E-state index in [1.54, 1.807) is 18.2 Å². The van der Waals surface area contributed by atoms with E-state index in [9.17, 15) is 14.7 Å². The van der Waals surface area contributed by atoms with Gasteiger partial charge in [-0.05, 0) is 22.8 Å². The van der Waals surface area contributed by atoms with Crippen molar-refractivity contribution in [2.75, 3.05) is 0 Å². The number of carbonyl (C=O) groups excluding carboxylic acids is 1. The third-order valence-corrected chi connectivity index (χ3v) is 4.61. The number of rotatable bonds is 9. The van der Waals surface area contributed by atoms with Gasteiger partial charge in [-0.25, -0.2) is 4.79 Å². The highest BCUT2D eigenvalue weighted by Crippen LogP contribution is 2.18. The molecule has 5 heteroatoms. The van der Waals surface area contributed by atoms with Gasteiger partial charge in [-0.2, -0.15) is 0 Å². The highest BCUT2D eigenvalue weighted by Gasteiger charge is 2.12. The monoisotopic (exact) mass is 401 g/mol. The molecule has 0 heterocycles. The van der Waals surface area contributed by atoms with E-state index in [0.29, 0.717) is 12.1 Å². The number of ketones is 1. The normalized spacial score (nSPS) is 11.4. The molecule has 0 fully saturated rings. The van der Waals surface area contributed by atoms with Crippen molar-refractivity contribution in [3.05, 3.63) is 113 Å². The van der Waals surface area contributed by atoms with Crippen LogP contribution in [0.1, 0.15) is 22.3 Å². The lowest BCUT2D eigenvalue weighted by atomic mass is 10.1. The number of carbonyl (C=O) groups is 2. The van der Waals surface area contributed by atoms with Gasteiger partial charge in [0.15, 0.2) is 0 Å². The van der Waals surface area contributed by atoms with Crippen molar-refractivity contribution in [1.29, 1.82) is 0 Å². The molecule has 0 radical (unpaired) electrons. The third-order valence-electron chi connectivity index (χ3n) is 4.61. The molecular formula is C25H23NO4. The summed E-state index contributed by atoms with van der Waals surface area (Å²) in [6.07, 6.45) is 0.729. The number of carboxylic acid groups (broad SMARTS) is 1. The van der Waals surface area contributed by atoms with Gasteiger partial charge < -0.3 is 10.2 Å². The van der Waals surface area contributed by atoms with Crippen LogP contribution in [0.4, 0.5) is 0 Å². The van der Waals surface area contributed by atoms with Crippen molar-refractivity contribution in [3.63, 3.8) is 0 Å². The first-order valence-corrected chi connectivity index (χ1v) is 9.58. The Morgan fingerprint density at radius 2 is 1.20 bits per heavy atom. The number of aliphatic hydroxyl groups is 1. The SMILES string of the molecule is O=C(O)C(=O)C=C(O)c1cccc(CN(Cc2ccccc2)Cc2ccccc2)c1. The van der Waals surface area contributed by atoms with E-state index in [1.165, 1.54) is 11.1 Å². The van der Waals surface area contributed by atoms with Crippen LogP contribution in [0.5, 0.6) is 0 Å². The summed E-state index contributed by atoms with van der Waals surface area (Å²) in [5.41, 5.74) is 3.74. The fourth-order valence-corrected chi connectivity index (χ4v) is 3.21. The molecule has 5 nitrogen and oxygen atoms in total. The Morgan fingerprint density at radius 1 is 0.700 bits per heavy atom. The maximum atomic E-state index is 11.4. The predicted octanol–water partition coefficient (Wildman–Crippen LogP) is 4.44. The van der Waals surface area contributed by atoms with Gasteiger partial charge in [0.2, 0.25) is 0 Å². The van der Waals surface area contributed by atoms with Crippen molar-refractivity contribution in [3.8, 4) is 0 Å². The van der Waals surface area contributed by atoms with Gasteiger partial charge in [-0.15, -0.1) is 0 Å². The van der Waals surface area contributed by atoms with Gasteiger partial charge in [0, 0.05) is 31.3 Å². The van der Waals surface area contributed by atoms with Crippen LogP contribution in [0.2, 0.25) is 0 Å². The first-order valence-electron chi connectivity index (χ1n) is 9.58. The molecule has 3 rings (SSSR count). The highest BCUT2D eigenvalue weighted by atomic mass is 16.4. The molecule has 0 atom stereocenters. The highest BCUT2D eigenvalue weighted by molar-refractivity contribution is 6.38. The van der Waals surface area contributed by atoms with Gasteiger partial charge in [-0.1, -0.05) is 78.9 Å². The lowest BCUT2D eigenvalue weighted by Crippen LogP contribution is -2.22.